The Balaban J connectivity index is 1.55. The zero-order chi connectivity index (χ0) is 31.6. The second-order valence-corrected chi connectivity index (χ2v) is 10.1. The average molecular weight is 626 g/mol. The number of carbonyl (C=O) groups excluding carboxylic acids is 2. The van der Waals surface area contributed by atoms with Crippen molar-refractivity contribution in [2.75, 3.05) is 0 Å². The molecular weight excluding hydrogens is 600 g/mol. The lowest BCUT2D eigenvalue weighted by Crippen LogP contribution is -2.38. The molecule has 0 unspecified atom stereocenters. The zero-order valence-electron chi connectivity index (χ0n) is 22.1. The molecule has 0 radical (unpaired) electrons. The number of aryl methyl sites for hydroxylation is 1. The van der Waals surface area contributed by atoms with Crippen LogP contribution in [0.2, 0.25) is 0 Å². The first kappa shape index (κ1) is 31.8. The average Bonchev–Trinajstić information content (AvgIpc) is 3.55. The minimum absolute atomic E-state index is 0.0277. The highest BCUT2D eigenvalue weighted by molar-refractivity contribution is 5.90. The fourth-order valence-corrected chi connectivity index (χ4v) is 4.58. The molecule has 0 saturated heterocycles. The number of alkyl halides is 8. The molecular formula is C24H25F8N8O3+. The molecule has 1 aliphatic carbocycles. The first-order chi connectivity index (χ1) is 20.0. The number of hydrogen-bond donors (Lipinski definition) is 3. The summed E-state index contributed by atoms with van der Waals surface area (Å²) in [5.74, 6) is -5.91. The number of carbonyl (C=O) groups is 2. The maximum atomic E-state index is 13.9. The Labute approximate surface area is 237 Å². The van der Waals surface area contributed by atoms with Gasteiger partial charge in [-0.25, -0.2) is 23.4 Å². The summed E-state index contributed by atoms with van der Waals surface area (Å²) in [6.45, 7) is -0.682. The summed E-state index contributed by atoms with van der Waals surface area (Å²) in [5.41, 5.74) is 0.0217. The first-order valence-corrected chi connectivity index (χ1v) is 12.9. The molecule has 43 heavy (non-hydrogen) atoms. The molecule has 3 aromatic rings. The van der Waals surface area contributed by atoms with E-state index in [-0.39, 0.29) is 29.7 Å². The number of rotatable bonds is 10. The van der Waals surface area contributed by atoms with Crippen LogP contribution in [-0.2, 0) is 11.3 Å². The first-order valence-electron chi connectivity index (χ1n) is 12.9. The summed E-state index contributed by atoms with van der Waals surface area (Å²) in [7, 11) is 0. The summed E-state index contributed by atoms with van der Waals surface area (Å²) in [6, 6.07) is 0.195. The van der Waals surface area contributed by atoms with Gasteiger partial charge in [-0.2, -0.15) is 31.4 Å². The predicted molar refractivity (Wildman–Crippen MR) is 126 cm³/mol. The molecule has 4 rings (SSSR count). The molecule has 3 aromatic heterocycles. The molecule has 0 aromatic carbocycles. The van der Waals surface area contributed by atoms with Crippen LogP contribution in [0, 0.1) is 12.1 Å². The van der Waals surface area contributed by atoms with Crippen LogP contribution in [0.25, 0.3) is 5.65 Å². The van der Waals surface area contributed by atoms with E-state index in [1.54, 1.807) is 0 Å². The van der Waals surface area contributed by atoms with Crippen molar-refractivity contribution in [1.82, 2.24) is 34.9 Å². The number of hydrogen-bond acceptors (Lipinski definition) is 6. The number of imidazole rings is 1. The molecule has 0 bridgehead atoms. The number of nitrogens with zero attached hydrogens (tertiary/aromatic N) is 6. The van der Waals surface area contributed by atoms with Gasteiger partial charge in [-0.3, -0.25) is 9.59 Å². The van der Waals surface area contributed by atoms with Crippen molar-refractivity contribution < 1.29 is 54.9 Å². The Morgan fingerprint density at radius 1 is 1.12 bits per heavy atom. The van der Waals surface area contributed by atoms with Crippen molar-refractivity contribution in [3.63, 3.8) is 0 Å². The minimum atomic E-state index is -4.57. The van der Waals surface area contributed by atoms with E-state index in [0.29, 0.717) is 0 Å². The number of fused-ring (bicyclic) bond motifs is 1. The number of halogens is 8. The maximum absolute atomic E-state index is 13.9. The van der Waals surface area contributed by atoms with E-state index >= 15 is 0 Å². The second kappa shape index (κ2) is 12.3. The molecule has 0 aliphatic heterocycles. The van der Waals surface area contributed by atoms with E-state index in [9.17, 15) is 49.8 Å². The topological polar surface area (TPSA) is 141 Å². The van der Waals surface area contributed by atoms with Crippen molar-refractivity contribution in [1.29, 1.82) is 0 Å². The molecule has 11 nitrogen and oxygen atoms in total. The van der Waals surface area contributed by atoms with E-state index < -0.39 is 92.8 Å². The lowest BCUT2D eigenvalue weighted by Gasteiger charge is -2.33. The number of aliphatic hydroxyl groups is 1. The van der Waals surface area contributed by atoms with Crippen LogP contribution < -0.4 is 15.7 Å². The summed E-state index contributed by atoms with van der Waals surface area (Å²) in [4.78, 5) is 33.0. The van der Waals surface area contributed by atoms with Crippen LogP contribution in [0.3, 0.4) is 0 Å². The Bertz CT molecular complexity index is 1430. The molecule has 3 N–H and O–H groups in total. The third-order valence-electron chi connectivity index (χ3n) is 6.80. The largest absolute Gasteiger partial charge is 0.390 e. The Morgan fingerprint density at radius 2 is 1.79 bits per heavy atom. The molecule has 2 amide bonds. The van der Waals surface area contributed by atoms with Crippen molar-refractivity contribution >= 4 is 17.5 Å². The van der Waals surface area contributed by atoms with Gasteiger partial charge in [0.05, 0.1) is 31.1 Å². The van der Waals surface area contributed by atoms with Crippen molar-refractivity contribution in [2.45, 2.75) is 82.0 Å². The number of aromatic nitrogens is 6. The third-order valence-corrected chi connectivity index (χ3v) is 6.80. The van der Waals surface area contributed by atoms with E-state index in [1.807, 2.05) is 5.32 Å². The number of nitrogens with one attached hydrogen (secondary N) is 2. The Hall–Kier alpha value is -4.08. The normalized spacial score (nSPS) is 17.3. The van der Waals surface area contributed by atoms with Crippen LogP contribution >= 0.6 is 0 Å². The lowest BCUT2D eigenvalue weighted by molar-refractivity contribution is -0.393. The van der Waals surface area contributed by atoms with Gasteiger partial charge >= 0.3 is 18.5 Å². The van der Waals surface area contributed by atoms with Crippen molar-refractivity contribution in [3.05, 3.63) is 41.9 Å². The number of amides is 2. The highest BCUT2D eigenvalue weighted by Gasteiger charge is 2.40. The summed E-state index contributed by atoms with van der Waals surface area (Å²) in [6.07, 6.45) is -10.8. The van der Waals surface area contributed by atoms with Gasteiger partial charge in [0.2, 0.25) is 23.3 Å². The molecule has 234 valence electrons. The van der Waals surface area contributed by atoms with Crippen LogP contribution in [0.1, 0.15) is 79.1 Å². The predicted octanol–water partition coefficient (Wildman–Crippen LogP) is 3.02. The number of aliphatic hydroxyl groups excluding tert-OH is 1. The lowest BCUT2D eigenvalue weighted by atomic mass is 9.81. The van der Waals surface area contributed by atoms with Gasteiger partial charge in [0.25, 0.3) is 5.91 Å². The summed E-state index contributed by atoms with van der Waals surface area (Å²) in [5, 5.41) is 22.5. The third kappa shape index (κ3) is 8.72. The van der Waals surface area contributed by atoms with Gasteiger partial charge in [0, 0.05) is 29.8 Å². The summed E-state index contributed by atoms with van der Waals surface area (Å²) < 4.78 is 105. The molecule has 1 fully saturated rings. The van der Waals surface area contributed by atoms with Crippen molar-refractivity contribution in [3.8, 4) is 0 Å². The van der Waals surface area contributed by atoms with E-state index in [0.717, 1.165) is 11.0 Å². The van der Waals surface area contributed by atoms with Crippen LogP contribution in [-0.4, -0.2) is 59.5 Å². The Morgan fingerprint density at radius 3 is 2.44 bits per heavy atom. The van der Waals surface area contributed by atoms with Gasteiger partial charge in [-0.15, -0.1) is 0 Å². The molecule has 19 heteroatoms. The van der Waals surface area contributed by atoms with E-state index in [2.05, 4.69) is 31.7 Å². The molecule has 2 atom stereocenters. The molecule has 1 aliphatic rings. The van der Waals surface area contributed by atoms with Gasteiger partial charge in [0.1, 0.15) is 23.2 Å². The Kier molecular flexibility index (Phi) is 9.08. The molecule has 3 heterocycles. The van der Waals surface area contributed by atoms with Crippen molar-refractivity contribution in [2.24, 2.45) is 5.92 Å². The van der Waals surface area contributed by atoms with Gasteiger partial charge < -0.3 is 15.7 Å². The van der Waals surface area contributed by atoms with Gasteiger partial charge in [0.15, 0.2) is 6.23 Å². The van der Waals surface area contributed by atoms with E-state index in [4.69, 9.17) is 0 Å². The minimum Gasteiger partial charge on any atom is -0.369 e. The molecule has 1 saturated carbocycles. The maximum Gasteiger partial charge on any atom is 0.390 e. The highest BCUT2D eigenvalue weighted by atomic mass is 19.4. The monoisotopic (exact) mass is 625 g/mol. The second-order valence-electron chi connectivity index (χ2n) is 10.1. The van der Waals surface area contributed by atoms with Gasteiger partial charge in [-0.05, 0) is 18.8 Å². The SMILES string of the molecule is O=C(CCC(F)(F)F)N[C@H](O)c1c#[n+]n2cc([C@@H](NC(=O)c3ncnn3CCC(F)(F)F)C3CCC(F)(F)CC3)nc2c1. The van der Waals surface area contributed by atoms with E-state index in [1.165, 1.54) is 16.8 Å². The van der Waals surface area contributed by atoms with Crippen LogP contribution in [0.4, 0.5) is 35.1 Å². The smallest absolute Gasteiger partial charge is 0.369 e. The highest BCUT2D eigenvalue weighted by Crippen LogP contribution is 2.41. The quantitative estimate of drug-likeness (QED) is 0.233. The summed E-state index contributed by atoms with van der Waals surface area (Å²) >= 11 is 0. The van der Waals surface area contributed by atoms with Crippen LogP contribution in [0.15, 0.2) is 18.6 Å². The van der Waals surface area contributed by atoms with Gasteiger partial charge in [-0.1, -0.05) is 0 Å². The van der Waals surface area contributed by atoms with Crippen LogP contribution in [0.5, 0.6) is 0 Å². The fourth-order valence-electron chi connectivity index (χ4n) is 4.58. The fraction of sp³-hybridized carbons (Fsp3) is 0.583. The zero-order valence-corrected chi connectivity index (χ0v) is 22.1. The molecule has 0 spiro atoms. The standard InChI is InChI=1S/C24H24F8N8O3/c25-22(26)4-1-13(2-5-22)18(38-21(43)19-33-12-35-39(19)8-7-24(30,31)32)15-11-40-16(36-15)9-14(10-34-40)20(42)37-17(41)3-6-23(27,28)29/h9,11-13,18,20,42H,1-8H2,(H-,37,38,41,43)/p+1/t18-,20+/m0/s1.